The Balaban J connectivity index is 3.12. The van der Waals surface area contributed by atoms with Gasteiger partial charge in [-0.2, -0.15) is 4.21 Å². The molecular formula is C6H12O3S. The number of hydrogen-bond donors (Lipinski definition) is 1. The summed E-state index contributed by atoms with van der Waals surface area (Å²) in [5.41, 5.74) is 0. The summed E-state index contributed by atoms with van der Waals surface area (Å²) >= 11 is -2.16. The monoisotopic (exact) mass is 164 g/mol. The van der Waals surface area contributed by atoms with Crippen molar-refractivity contribution in [1.82, 2.24) is 0 Å². The molecule has 0 rings (SSSR count). The van der Waals surface area contributed by atoms with Crippen LogP contribution in [-0.4, -0.2) is 8.76 Å². The summed E-state index contributed by atoms with van der Waals surface area (Å²) < 4.78 is 22.2. The van der Waals surface area contributed by atoms with Crippen LogP contribution < -0.4 is 0 Å². The second-order valence-electron chi connectivity index (χ2n) is 1.83. The van der Waals surface area contributed by atoms with E-state index in [1.807, 2.05) is 0 Å². The van der Waals surface area contributed by atoms with E-state index in [0.29, 0.717) is 0 Å². The van der Waals surface area contributed by atoms with E-state index in [1.165, 1.54) is 6.26 Å². The number of allylic oxidation sites excluding steroid dienone is 1. The molecule has 60 valence electrons. The van der Waals surface area contributed by atoms with Crippen LogP contribution >= 0.6 is 0 Å². The SMILES string of the molecule is CCCCC=COS(=O)O. The molecule has 0 spiro atoms. The van der Waals surface area contributed by atoms with E-state index in [-0.39, 0.29) is 0 Å². The van der Waals surface area contributed by atoms with Gasteiger partial charge in [-0.3, -0.25) is 4.55 Å². The molecule has 10 heavy (non-hydrogen) atoms. The predicted octanol–water partition coefficient (Wildman–Crippen LogP) is 1.84. The molecule has 3 nitrogen and oxygen atoms in total. The maximum absolute atomic E-state index is 9.87. The summed E-state index contributed by atoms with van der Waals surface area (Å²) in [5.74, 6) is 0. The average molecular weight is 164 g/mol. The van der Waals surface area contributed by atoms with E-state index in [4.69, 9.17) is 4.55 Å². The van der Waals surface area contributed by atoms with Crippen molar-refractivity contribution in [2.24, 2.45) is 0 Å². The lowest BCUT2D eigenvalue weighted by molar-refractivity contribution is 0.418. The molecule has 0 fully saturated rings. The van der Waals surface area contributed by atoms with Gasteiger partial charge < -0.3 is 4.18 Å². The van der Waals surface area contributed by atoms with E-state index < -0.39 is 11.4 Å². The van der Waals surface area contributed by atoms with Crippen molar-refractivity contribution in [2.45, 2.75) is 26.2 Å². The lowest BCUT2D eigenvalue weighted by Gasteiger charge is -1.89. The Kier molecular flexibility index (Phi) is 6.53. The van der Waals surface area contributed by atoms with Crippen molar-refractivity contribution < 1.29 is 12.9 Å². The molecular weight excluding hydrogens is 152 g/mol. The molecule has 0 bridgehead atoms. The fourth-order valence-corrected chi connectivity index (χ4v) is 0.650. The van der Waals surface area contributed by atoms with Gasteiger partial charge in [0.15, 0.2) is 0 Å². The second-order valence-corrected chi connectivity index (χ2v) is 2.45. The zero-order valence-electron chi connectivity index (χ0n) is 5.95. The number of rotatable bonds is 5. The van der Waals surface area contributed by atoms with Crippen LogP contribution in [-0.2, 0) is 15.5 Å². The normalized spacial score (nSPS) is 13.8. The molecule has 0 amide bonds. The van der Waals surface area contributed by atoms with Crippen molar-refractivity contribution in [3.8, 4) is 0 Å². The highest BCUT2D eigenvalue weighted by Crippen LogP contribution is 1.95. The number of hydrogen-bond acceptors (Lipinski definition) is 2. The van der Waals surface area contributed by atoms with Gasteiger partial charge in [0.2, 0.25) is 0 Å². The Bertz CT molecular complexity index is 122. The van der Waals surface area contributed by atoms with E-state index in [1.54, 1.807) is 6.08 Å². The quantitative estimate of drug-likeness (QED) is 0.383. The van der Waals surface area contributed by atoms with Gasteiger partial charge in [-0.15, -0.1) is 0 Å². The smallest absolute Gasteiger partial charge is 0.356 e. The van der Waals surface area contributed by atoms with E-state index in [9.17, 15) is 4.21 Å². The third kappa shape index (κ3) is 7.65. The molecule has 0 aliphatic carbocycles. The standard InChI is InChI=1S/C6H12O3S/c1-2-3-4-5-6-9-10(7)8/h5-6H,2-4H2,1H3,(H,7,8). The second kappa shape index (κ2) is 6.77. The number of unbranched alkanes of at least 4 members (excludes halogenated alkanes) is 2. The Labute approximate surface area is 63.6 Å². The van der Waals surface area contributed by atoms with Crippen LogP contribution in [0.2, 0.25) is 0 Å². The topological polar surface area (TPSA) is 46.5 Å². The molecule has 4 heteroatoms. The highest BCUT2D eigenvalue weighted by Gasteiger charge is 1.83. The summed E-state index contributed by atoms with van der Waals surface area (Å²) in [5, 5.41) is 0. The van der Waals surface area contributed by atoms with Crippen molar-refractivity contribution in [1.29, 1.82) is 0 Å². The molecule has 0 aromatic rings. The summed E-state index contributed by atoms with van der Waals surface area (Å²) in [7, 11) is 0. The van der Waals surface area contributed by atoms with Crippen LogP contribution in [0.1, 0.15) is 26.2 Å². The summed E-state index contributed by atoms with van der Waals surface area (Å²) in [4.78, 5) is 0. The van der Waals surface area contributed by atoms with Gasteiger partial charge in [0, 0.05) is 0 Å². The minimum Gasteiger partial charge on any atom is -0.388 e. The first kappa shape index (κ1) is 9.65. The Morgan fingerprint density at radius 2 is 2.40 bits per heavy atom. The molecule has 0 aromatic heterocycles. The van der Waals surface area contributed by atoms with Gasteiger partial charge in [0.25, 0.3) is 0 Å². The first-order valence-electron chi connectivity index (χ1n) is 3.20. The van der Waals surface area contributed by atoms with Crippen LogP contribution in [0.4, 0.5) is 0 Å². The Morgan fingerprint density at radius 3 is 2.90 bits per heavy atom. The molecule has 0 heterocycles. The molecule has 1 N–H and O–H groups in total. The summed E-state index contributed by atoms with van der Waals surface area (Å²) in [6.45, 7) is 2.08. The maximum atomic E-state index is 9.87. The van der Waals surface area contributed by atoms with Crippen LogP contribution in [0.15, 0.2) is 12.3 Å². The molecule has 0 radical (unpaired) electrons. The fraction of sp³-hybridized carbons (Fsp3) is 0.667. The molecule has 1 atom stereocenters. The van der Waals surface area contributed by atoms with Gasteiger partial charge in [0.05, 0.1) is 0 Å². The molecule has 0 aliphatic rings. The van der Waals surface area contributed by atoms with Gasteiger partial charge in [-0.1, -0.05) is 13.3 Å². The molecule has 0 aromatic carbocycles. The zero-order valence-corrected chi connectivity index (χ0v) is 6.76. The van der Waals surface area contributed by atoms with Crippen molar-refractivity contribution in [2.75, 3.05) is 0 Å². The predicted molar refractivity (Wildman–Crippen MR) is 40.5 cm³/mol. The fourth-order valence-electron chi connectivity index (χ4n) is 0.477. The van der Waals surface area contributed by atoms with Gasteiger partial charge in [-0.05, 0) is 18.9 Å². The van der Waals surface area contributed by atoms with Gasteiger partial charge in [-0.25, -0.2) is 0 Å². The van der Waals surface area contributed by atoms with Crippen LogP contribution in [0.5, 0.6) is 0 Å². The van der Waals surface area contributed by atoms with E-state index in [0.717, 1.165) is 19.3 Å². The third-order valence-corrected chi connectivity index (χ3v) is 1.23. The molecule has 0 saturated heterocycles. The summed E-state index contributed by atoms with van der Waals surface area (Å²) in [6.07, 6.45) is 6.08. The van der Waals surface area contributed by atoms with Crippen molar-refractivity contribution in [3.05, 3.63) is 12.3 Å². The van der Waals surface area contributed by atoms with E-state index in [2.05, 4.69) is 11.1 Å². The summed E-state index contributed by atoms with van der Waals surface area (Å²) in [6, 6.07) is 0. The maximum Gasteiger partial charge on any atom is 0.356 e. The minimum absolute atomic E-state index is 0.897. The van der Waals surface area contributed by atoms with Crippen LogP contribution in [0, 0.1) is 0 Å². The highest BCUT2D eigenvalue weighted by atomic mass is 32.2. The first-order chi connectivity index (χ1) is 4.77. The minimum atomic E-state index is -2.16. The first-order valence-corrected chi connectivity index (χ1v) is 4.23. The molecule has 0 aliphatic heterocycles. The zero-order chi connectivity index (χ0) is 7.82. The molecule has 1 unspecified atom stereocenters. The van der Waals surface area contributed by atoms with Crippen LogP contribution in [0.25, 0.3) is 0 Å². The average Bonchev–Trinajstić information content (AvgIpc) is 1.87. The van der Waals surface area contributed by atoms with Gasteiger partial charge >= 0.3 is 11.4 Å². The van der Waals surface area contributed by atoms with E-state index >= 15 is 0 Å². The lowest BCUT2D eigenvalue weighted by atomic mass is 10.2. The van der Waals surface area contributed by atoms with Crippen LogP contribution in [0.3, 0.4) is 0 Å². The van der Waals surface area contributed by atoms with Crippen molar-refractivity contribution >= 4 is 11.4 Å². The van der Waals surface area contributed by atoms with Gasteiger partial charge in [0.1, 0.15) is 6.26 Å². The Hall–Kier alpha value is -0.350. The molecule has 0 saturated carbocycles. The largest absolute Gasteiger partial charge is 0.388 e. The lowest BCUT2D eigenvalue weighted by Crippen LogP contribution is -1.85. The Morgan fingerprint density at radius 1 is 1.70 bits per heavy atom. The third-order valence-electron chi connectivity index (χ3n) is 0.958. The highest BCUT2D eigenvalue weighted by molar-refractivity contribution is 7.74. The van der Waals surface area contributed by atoms with Crippen molar-refractivity contribution in [3.63, 3.8) is 0 Å².